The molecule has 0 amide bonds. The second-order valence-electron chi connectivity index (χ2n) is 17.5. The van der Waals surface area contributed by atoms with Gasteiger partial charge in [0.1, 0.15) is 12.2 Å². The zero-order chi connectivity index (χ0) is 44.8. The molecule has 0 aliphatic carbocycles. The highest BCUT2D eigenvalue weighted by Crippen LogP contribution is 2.50. The van der Waals surface area contributed by atoms with Gasteiger partial charge in [-0.05, 0) is 38.2 Å². The van der Waals surface area contributed by atoms with Crippen LogP contribution in [0.4, 0.5) is 0 Å². The van der Waals surface area contributed by atoms with Crippen LogP contribution in [0.25, 0.3) is 0 Å². The monoisotopic (exact) mass is 852 g/mol. The fraction of sp³-hybridized carbons (Fsp3) is 0.744. The van der Waals surface area contributed by atoms with Gasteiger partial charge in [0.25, 0.3) is 0 Å². The minimum Gasteiger partial charge on any atom is -0.466 e. The van der Waals surface area contributed by atoms with E-state index in [2.05, 4.69) is 0 Å². The van der Waals surface area contributed by atoms with E-state index in [0.29, 0.717) is 12.0 Å². The van der Waals surface area contributed by atoms with Crippen molar-refractivity contribution in [3.63, 3.8) is 0 Å². The number of methoxy groups -OCH3 is 2. The van der Waals surface area contributed by atoms with Crippen LogP contribution in [0.15, 0.2) is 35.5 Å². The molecule has 4 rings (SSSR count). The topological polar surface area (TPSA) is 240 Å². The largest absolute Gasteiger partial charge is 0.466 e. The molecule has 6 bridgehead atoms. The first-order valence-corrected chi connectivity index (χ1v) is 20.6. The van der Waals surface area contributed by atoms with Crippen molar-refractivity contribution in [2.75, 3.05) is 14.2 Å². The van der Waals surface area contributed by atoms with Crippen LogP contribution in [0.3, 0.4) is 0 Å². The van der Waals surface area contributed by atoms with Crippen molar-refractivity contribution in [1.82, 2.24) is 0 Å². The molecule has 60 heavy (non-hydrogen) atoms. The summed E-state index contributed by atoms with van der Waals surface area (Å²) in [6, 6.07) is 0. The van der Waals surface area contributed by atoms with E-state index in [1.165, 1.54) is 34.1 Å². The number of hydrogen-bond acceptors (Lipinski definition) is 17. The van der Waals surface area contributed by atoms with Crippen molar-refractivity contribution in [2.24, 2.45) is 10.8 Å². The summed E-state index contributed by atoms with van der Waals surface area (Å²) < 4.78 is 46.5. The number of ether oxygens (including phenoxy) is 8. The maximum Gasteiger partial charge on any atom is 0.330 e. The Labute approximate surface area is 351 Å². The van der Waals surface area contributed by atoms with E-state index in [9.17, 15) is 44.4 Å². The van der Waals surface area contributed by atoms with Crippen LogP contribution in [0, 0.1) is 10.8 Å². The van der Waals surface area contributed by atoms with Crippen molar-refractivity contribution in [3.05, 3.63) is 35.5 Å². The normalized spacial score (nSPS) is 37.1. The highest BCUT2D eigenvalue weighted by molar-refractivity contribution is 5.83. The molecule has 17 heteroatoms. The smallest absolute Gasteiger partial charge is 0.330 e. The van der Waals surface area contributed by atoms with Gasteiger partial charge < -0.3 is 58.3 Å². The van der Waals surface area contributed by atoms with E-state index >= 15 is 0 Å². The van der Waals surface area contributed by atoms with Gasteiger partial charge in [-0.2, -0.15) is 0 Å². The fourth-order valence-electron chi connectivity index (χ4n) is 8.34. The Kier molecular flexibility index (Phi) is 16.3. The van der Waals surface area contributed by atoms with Gasteiger partial charge in [-0.25, -0.2) is 9.59 Å². The Hall–Kier alpha value is -3.71. The molecule has 0 aromatic heterocycles. The zero-order valence-corrected chi connectivity index (χ0v) is 36.2. The predicted molar refractivity (Wildman–Crippen MR) is 210 cm³/mol. The van der Waals surface area contributed by atoms with Crippen LogP contribution in [0.5, 0.6) is 0 Å². The van der Waals surface area contributed by atoms with E-state index in [1.807, 2.05) is 0 Å². The number of cyclic esters (lactones) is 1. The molecule has 3 fully saturated rings. The lowest BCUT2D eigenvalue weighted by atomic mass is 9.70. The maximum atomic E-state index is 13.4. The molecule has 338 valence electrons. The summed E-state index contributed by atoms with van der Waals surface area (Å²) in [5.74, 6) is -8.01. The lowest BCUT2D eigenvalue weighted by Gasteiger charge is -2.53. The molecule has 0 saturated carbocycles. The van der Waals surface area contributed by atoms with E-state index < -0.39 is 114 Å². The van der Waals surface area contributed by atoms with Crippen molar-refractivity contribution < 1.29 is 82.3 Å². The molecule has 0 radical (unpaired) electrons. The molecule has 4 aliphatic heterocycles. The van der Waals surface area contributed by atoms with Gasteiger partial charge in [0.05, 0.1) is 62.7 Å². The molecule has 3 saturated heterocycles. The van der Waals surface area contributed by atoms with E-state index in [4.69, 9.17) is 37.9 Å². The number of esters is 5. The van der Waals surface area contributed by atoms with E-state index in [1.54, 1.807) is 46.8 Å². The second kappa shape index (κ2) is 20.0. The summed E-state index contributed by atoms with van der Waals surface area (Å²) in [6.45, 7) is 11.0. The molecule has 17 nitrogen and oxygen atoms in total. The summed E-state index contributed by atoms with van der Waals surface area (Å²) >= 11 is 0. The number of aliphatic hydroxyl groups is 4. The van der Waals surface area contributed by atoms with Gasteiger partial charge in [0.15, 0.2) is 11.9 Å². The first kappa shape index (κ1) is 49.0. The molecule has 0 aromatic rings. The van der Waals surface area contributed by atoms with E-state index in [0.717, 1.165) is 6.08 Å². The van der Waals surface area contributed by atoms with Crippen LogP contribution in [0.1, 0.15) is 113 Å². The molecular weight excluding hydrogens is 788 g/mol. The minimum absolute atomic E-state index is 0.00840. The number of carbonyl (C=O) groups excluding carboxylic acids is 5. The SMILES string of the molecule is CCCC(=O)OC1/C(=C/C(=O)OC)CC2C[C@H]([C@@H](C)O)OC(=O)C[C@H](O)C[C@@H]3C[C@H](OC(C)=O)C(C)(C)[C@](O)(C[C@@H]4C/C(=C/C(=O)OC)C[C@H](/C=C/C(C)(C)C1(O)O2)O4)O3. The molecule has 0 spiro atoms. The highest BCUT2D eigenvalue weighted by atomic mass is 16.7. The van der Waals surface area contributed by atoms with Gasteiger partial charge in [-0.15, -0.1) is 0 Å². The molecular formula is C43H64O17. The number of rotatable bonds is 7. The lowest BCUT2D eigenvalue weighted by Crippen LogP contribution is -2.62. The van der Waals surface area contributed by atoms with Crippen LogP contribution < -0.4 is 0 Å². The third-order valence-corrected chi connectivity index (χ3v) is 11.9. The summed E-state index contributed by atoms with van der Waals surface area (Å²) in [5, 5.41) is 47.3. The zero-order valence-electron chi connectivity index (χ0n) is 36.2. The van der Waals surface area contributed by atoms with Gasteiger partial charge in [-0.1, -0.05) is 52.3 Å². The maximum absolute atomic E-state index is 13.4. The number of carbonyl (C=O) groups is 5. The second-order valence-corrected chi connectivity index (χ2v) is 17.5. The van der Waals surface area contributed by atoms with Gasteiger partial charge in [0, 0.05) is 56.6 Å². The predicted octanol–water partition coefficient (Wildman–Crippen LogP) is 3.17. The molecule has 4 N–H and O–H groups in total. The summed E-state index contributed by atoms with van der Waals surface area (Å²) in [4.78, 5) is 64.1. The van der Waals surface area contributed by atoms with E-state index in [-0.39, 0.29) is 56.9 Å². The number of hydrogen-bond donors (Lipinski definition) is 4. The first-order chi connectivity index (χ1) is 27.9. The molecule has 4 aliphatic rings. The summed E-state index contributed by atoms with van der Waals surface area (Å²) in [7, 11) is 2.41. The minimum atomic E-state index is -2.41. The van der Waals surface area contributed by atoms with Crippen molar-refractivity contribution >= 4 is 29.8 Å². The third-order valence-electron chi connectivity index (χ3n) is 11.9. The summed E-state index contributed by atoms with van der Waals surface area (Å²) in [5.41, 5.74) is -1.96. The quantitative estimate of drug-likeness (QED) is 0.124. The molecule has 0 aromatic carbocycles. The van der Waals surface area contributed by atoms with Crippen molar-refractivity contribution in [3.8, 4) is 0 Å². The highest BCUT2D eigenvalue weighted by Gasteiger charge is 2.59. The Balaban J connectivity index is 1.89. The Morgan fingerprint density at radius 1 is 0.900 bits per heavy atom. The number of aliphatic hydroxyl groups excluding tert-OH is 2. The van der Waals surface area contributed by atoms with Crippen molar-refractivity contribution in [1.29, 1.82) is 0 Å². The fourth-order valence-corrected chi connectivity index (χ4v) is 8.34. The van der Waals surface area contributed by atoms with Crippen LogP contribution >= 0.6 is 0 Å². The third kappa shape index (κ3) is 11.8. The van der Waals surface area contributed by atoms with Crippen LogP contribution in [0.2, 0.25) is 0 Å². The standard InChI is InChI=1S/C43H64O17/c1-10-11-35(47)58-39-27(18-37(49)54-9)17-30-21-33(24(2)44)57-38(50)20-28(46)19-31-22-34(55-25(3)45)41(6,7)42(51,59-31)23-32-15-26(16-36(48)53-8)14-29(56-32)12-13-40(4,5)43(39,52)60-30/h12-13,16,18,24,28-34,39,44,46,51-52H,10-11,14-15,17,19-23H2,1-9H3/b13-12+,26-16+,27-18+/t24-,28-,29+,30?,31-,32+,33-,34+,39?,42+,43?/m1/s1. The average Bonchev–Trinajstić information content (AvgIpc) is 3.13. The van der Waals surface area contributed by atoms with Gasteiger partial charge in [0.2, 0.25) is 5.79 Å². The Morgan fingerprint density at radius 2 is 1.57 bits per heavy atom. The Bertz CT molecular complexity index is 1660. The summed E-state index contributed by atoms with van der Waals surface area (Å²) in [6.07, 6.45) is -4.54. The van der Waals surface area contributed by atoms with Crippen LogP contribution in [-0.2, 0) is 61.9 Å². The number of fused-ring (bicyclic) bond motifs is 6. The molecule has 3 unspecified atom stereocenters. The van der Waals surface area contributed by atoms with Gasteiger partial charge in [-0.3, -0.25) is 14.4 Å². The first-order valence-electron chi connectivity index (χ1n) is 20.6. The molecule has 11 atom stereocenters. The average molecular weight is 853 g/mol. The van der Waals surface area contributed by atoms with Gasteiger partial charge >= 0.3 is 29.8 Å². The lowest BCUT2D eigenvalue weighted by molar-refractivity contribution is -0.348. The van der Waals surface area contributed by atoms with Crippen LogP contribution in [-0.4, -0.2) is 131 Å². The van der Waals surface area contributed by atoms with Crippen molar-refractivity contribution in [2.45, 2.75) is 179 Å². The molecule has 4 heterocycles. The Morgan fingerprint density at radius 3 is 2.18 bits per heavy atom.